The lowest BCUT2D eigenvalue weighted by atomic mass is 10.1. The number of carbonyl (C=O) groups excluding carboxylic acids is 1. The second-order valence-electron chi connectivity index (χ2n) is 9.50. The topological polar surface area (TPSA) is 72.9 Å². The molecule has 1 fully saturated rings. The molecule has 3 aromatic carbocycles. The lowest BCUT2D eigenvalue weighted by Crippen LogP contribution is -2.30. The van der Waals surface area contributed by atoms with Crippen LogP contribution in [-0.2, 0) is 17.9 Å². The Morgan fingerprint density at radius 2 is 1.40 bits per heavy atom. The van der Waals surface area contributed by atoms with Crippen molar-refractivity contribution in [1.29, 1.82) is 0 Å². The molecule has 0 saturated carbocycles. The number of nitrogens with zero attached hydrogens (tertiary/aromatic N) is 2. The number of thiophene rings is 1. The predicted octanol–water partition coefficient (Wildman–Crippen LogP) is 6.49. The van der Waals surface area contributed by atoms with Gasteiger partial charge < -0.3 is 10.4 Å². The highest BCUT2D eigenvalue weighted by Gasteiger charge is 2.38. The van der Waals surface area contributed by atoms with E-state index in [1.807, 2.05) is 36.4 Å². The summed E-state index contributed by atoms with van der Waals surface area (Å²) < 4.78 is 32.9. The second-order valence-corrected chi connectivity index (χ2v) is 10.6. The first kappa shape index (κ1) is 29.3. The zero-order valence-corrected chi connectivity index (χ0v) is 22.5. The van der Waals surface area contributed by atoms with E-state index in [-0.39, 0.29) is 5.91 Å². The van der Waals surface area contributed by atoms with Crippen LogP contribution in [0.3, 0.4) is 0 Å². The maximum atomic E-state index is 12.8. The monoisotopic (exact) mass is 569 g/mol. The number of hydrogen-bond donors (Lipinski definition) is 2. The van der Waals surface area contributed by atoms with Crippen LogP contribution in [0.5, 0.6) is 0 Å². The van der Waals surface area contributed by atoms with Gasteiger partial charge in [-0.3, -0.25) is 14.6 Å². The van der Waals surface area contributed by atoms with Gasteiger partial charge in [0.25, 0.3) is 5.91 Å². The maximum absolute atomic E-state index is 12.8. The molecular weight excluding hydrogens is 539 g/mol. The molecule has 10 heteroatoms. The number of alkyl halides is 3. The summed E-state index contributed by atoms with van der Waals surface area (Å²) in [6.45, 7) is 6.31. The molecule has 0 atom stereocenters. The van der Waals surface area contributed by atoms with Crippen molar-refractivity contribution in [3.63, 3.8) is 0 Å². The van der Waals surface area contributed by atoms with Crippen molar-refractivity contribution >= 4 is 39.0 Å². The Morgan fingerprint density at radius 1 is 0.800 bits per heavy atom. The van der Waals surface area contributed by atoms with Gasteiger partial charge >= 0.3 is 12.1 Å². The summed E-state index contributed by atoms with van der Waals surface area (Å²) in [5.74, 6) is -2.80. The van der Waals surface area contributed by atoms with Crippen molar-refractivity contribution in [2.75, 3.05) is 31.5 Å². The van der Waals surface area contributed by atoms with E-state index in [0.717, 1.165) is 59.9 Å². The number of carbonyl (C=O) groups is 2. The molecule has 0 unspecified atom stereocenters. The summed E-state index contributed by atoms with van der Waals surface area (Å²) in [5.41, 5.74) is 3.48. The van der Waals surface area contributed by atoms with Crippen LogP contribution in [0.1, 0.15) is 27.2 Å². The van der Waals surface area contributed by atoms with Crippen LogP contribution in [0.2, 0.25) is 0 Å². The number of fused-ring (bicyclic) bond motifs is 1. The van der Waals surface area contributed by atoms with Crippen LogP contribution in [0, 0.1) is 0 Å². The van der Waals surface area contributed by atoms with Crippen LogP contribution in [0.4, 0.5) is 18.9 Å². The molecule has 40 heavy (non-hydrogen) atoms. The highest BCUT2D eigenvalue weighted by atomic mass is 32.1. The van der Waals surface area contributed by atoms with Crippen LogP contribution >= 0.6 is 11.3 Å². The molecule has 2 N–H and O–H groups in total. The van der Waals surface area contributed by atoms with Crippen molar-refractivity contribution in [3.8, 4) is 0 Å². The molecule has 5 rings (SSSR count). The first-order valence-electron chi connectivity index (χ1n) is 12.8. The van der Waals surface area contributed by atoms with Crippen molar-refractivity contribution in [3.05, 3.63) is 101 Å². The summed E-state index contributed by atoms with van der Waals surface area (Å²) in [7, 11) is 0. The van der Waals surface area contributed by atoms with E-state index >= 15 is 0 Å². The standard InChI is InChI=1S/C28H29N3OS.C2HF3O2/c32-28(27-19-24-11-4-5-13-26(24)33-27)29-25-12-6-10-23(18-25)21-31-15-7-14-30(16-17-31)20-22-8-2-1-3-9-22;3-2(4,5)1(6)7/h1-6,8-13,18-19H,7,14-17,20-21H2,(H,29,32);(H,6,7). The molecule has 1 aliphatic rings. The van der Waals surface area contributed by atoms with E-state index in [0.29, 0.717) is 0 Å². The molecule has 4 aromatic rings. The summed E-state index contributed by atoms with van der Waals surface area (Å²) in [6, 6.07) is 29.1. The Labute approximate surface area is 234 Å². The molecule has 0 spiro atoms. The predicted molar refractivity (Wildman–Crippen MR) is 152 cm³/mol. The summed E-state index contributed by atoms with van der Waals surface area (Å²) in [4.78, 5) is 27.5. The smallest absolute Gasteiger partial charge is 0.475 e. The number of rotatable bonds is 6. The number of nitrogens with one attached hydrogen (secondary N) is 1. The van der Waals surface area contributed by atoms with Crippen LogP contribution < -0.4 is 5.32 Å². The van der Waals surface area contributed by atoms with Crippen molar-refractivity contribution in [2.24, 2.45) is 0 Å². The fourth-order valence-corrected chi connectivity index (χ4v) is 5.43. The van der Waals surface area contributed by atoms with Gasteiger partial charge in [-0.05, 0) is 60.3 Å². The van der Waals surface area contributed by atoms with Crippen molar-refractivity contribution in [2.45, 2.75) is 25.7 Å². The zero-order valence-electron chi connectivity index (χ0n) is 21.7. The van der Waals surface area contributed by atoms with E-state index in [2.05, 4.69) is 63.6 Å². The van der Waals surface area contributed by atoms with Crippen molar-refractivity contribution < 1.29 is 27.9 Å². The van der Waals surface area contributed by atoms with Gasteiger partial charge in [-0.15, -0.1) is 11.3 Å². The summed E-state index contributed by atoms with van der Waals surface area (Å²) in [6.07, 6.45) is -3.91. The second kappa shape index (κ2) is 13.6. The van der Waals surface area contributed by atoms with E-state index in [1.54, 1.807) is 0 Å². The number of anilines is 1. The van der Waals surface area contributed by atoms with Gasteiger partial charge in [0.1, 0.15) is 0 Å². The molecule has 0 aliphatic carbocycles. The minimum absolute atomic E-state index is 0.0420. The average Bonchev–Trinajstić information content (AvgIpc) is 3.25. The molecule has 2 heterocycles. The molecule has 1 saturated heterocycles. The number of carboxylic acid groups (broad SMARTS) is 1. The van der Waals surface area contributed by atoms with E-state index in [9.17, 15) is 18.0 Å². The molecule has 1 amide bonds. The third kappa shape index (κ3) is 8.64. The molecule has 1 aromatic heterocycles. The van der Waals surface area contributed by atoms with Gasteiger partial charge in [-0.1, -0.05) is 60.7 Å². The van der Waals surface area contributed by atoms with Gasteiger partial charge in [0.15, 0.2) is 0 Å². The minimum atomic E-state index is -5.08. The Morgan fingerprint density at radius 3 is 2.05 bits per heavy atom. The number of benzene rings is 3. The lowest BCUT2D eigenvalue weighted by Gasteiger charge is -2.22. The Bertz CT molecular complexity index is 1390. The number of carboxylic acids is 1. The molecule has 210 valence electrons. The lowest BCUT2D eigenvalue weighted by molar-refractivity contribution is -0.192. The molecular formula is C30H30F3N3O3S. The van der Waals surface area contributed by atoms with Crippen molar-refractivity contribution in [1.82, 2.24) is 9.80 Å². The van der Waals surface area contributed by atoms with Gasteiger partial charge in [0.05, 0.1) is 4.88 Å². The number of amides is 1. The van der Waals surface area contributed by atoms with Gasteiger partial charge in [0, 0.05) is 36.6 Å². The quantitative estimate of drug-likeness (QED) is 0.278. The normalized spacial score (nSPS) is 14.7. The third-order valence-electron chi connectivity index (χ3n) is 6.41. The summed E-state index contributed by atoms with van der Waals surface area (Å²) in [5, 5.41) is 11.3. The fourth-order valence-electron chi connectivity index (χ4n) is 4.47. The largest absolute Gasteiger partial charge is 0.490 e. The Kier molecular flexibility index (Phi) is 9.92. The zero-order chi connectivity index (χ0) is 28.5. The van der Waals surface area contributed by atoms with Crippen LogP contribution in [0.15, 0.2) is 84.9 Å². The number of halogens is 3. The molecule has 0 radical (unpaired) electrons. The first-order valence-corrected chi connectivity index (χ1v) is 13.7. The average molecular weight is 570 g/mol. The van der Waals surface area contributed by atoms with E-state index < -0.39 is 12.1 Å². The highest BCUT2D eigenvalue weighted by molar-refractivity contribution is 7.20. The highest BCUT2D eigenvalue weighted by Crippen LogP contribution is 2.26. The first-order chi connectivity index (χ1) is 19.2. The van der Waals surface area contributed by atoms with Gasteiger partial charge in [0.2, 0.25) is 0 Å². The molecule has 6 nitrogen and oxygen atoms in total. The fraction of sp³-hybridized carbons (Fsp3) is 0.267. The SMILES string of the molecule is O=C(Nc1cccc(CN2CCCN(Cc3ccccc3)CC2)c1)c1cc2ccccc2s1.O=C(O)C(F)(F)F. The van der Waals surface area contributed by atoms with Crippen LogP contribution in [0.25, 0.3) is 10.1 Å². The number of hydrogen-bond acceptors (Lipinski definition) is 5. The molecule has 1 aliphatic heterocycles. The van der Waals surface area contributed by atoms with Gasteiger partial charge in [-0.25, -0.2) is 4.79 Å². The molecule has 0 bridgehead atoms. The number of aliphatic carboxylic acids is 1. The minimum Gasteiger partial charge on any atom is -0.475 e. The maximum Gasteiger partial charge on any atom is 0.490 e. The summed E-state index contributed by atoms with van der Waals surface area (Å²) >= 11 is 1.54. The Hall–Kier alpha value is -3.73. The Balaban J connectivity index is 0.000000470. The van der Waals surface area contributed by atoms with Gasteiger partial charge in [-0.2, -0.15) is 13.2 Å². The van der Waals surface area contributed by atoms with E-state index in [1.165, 1.54) is 28.9 Å². The third-order valence-corrected chi connectivity index (χ3v) is 7.53. The van der Waals surface area contributed by atoms with Crippen LogP contribution in [-0.4, -0.2) is 59.1 Å². The van der Waals surface area contributed by atoms with E-state index in [4.69, 9.17) is 9.90 Å².